The molecule has 3 nitrogen and oxygen atoms in total. The van der Waals surface area contributed by atoms with Crippen molar-refractivity contribution in [2.24, 2.45) is 5.73 Å². The van der Waals surface area contributed by atoms with E-state index in [1.54, 1.807) is 23.1 Å². The standard InChI is InChI=1S/C11H17NO2S2/c1-8-3-4-9(16-8)10(7-12)15-6-5-11(13)14-2/h3-4,10H,5-7,12H2,1-2H3. The van der Waals surface area contributed by atoms with Gasteiger partial charge in [0.25, 0.3) is 0 Å². The topological polar surface area (TPSA) is 52.3 Å². The maximum absolute atomic E-state index is 11.0. The van der Waals surface area contributed by atoms with Gasteiger partial charge in [-0.3, -0.25) is 4.79 Å². The molecule has 90 valence electrons. The highest BCUT2D eigenvalue weighted by atomic mass is 32.2. The third kappa shape index (κ3) is 4.15. The Morgan fingerprint density at radius 2 is 2.38 bits per heavy atom. The highest BCUT2D eigenvalue weighted by Gasteiger charge is 2.12. The van der Waals surface area contributed by atoms with Gasteiger partial charge in [0.05, 0.1) is 18.8 Å². The minimum Gasteiger partial charge on any atom is -0.469 e. The van der Waals surface area contributed by atoms with Crippen molar-refractivity contribution in [2.45, 2.75) is 18.6 Å². The van der Waals surface area contributed by atoms with Crippen LogP contribution < -0.4 is 5.73 Å². The summed E-state index contributed by atoms with van der Waals surface area (Å²) < 4.78 is 4.59. The molecule has 0 saturated heterocycles. The molecule has 0 aliphatic rings. The predicted octanol–water partition coefficient (Wildman–Crippen LogP) is 2.35. The molecule has 5 heteroatoms. The van der Waals surface area contributed by atoms with E-state index in [9.17, 15) is 4.79 Å². The molecule has 0 radical (unpaired) electrons. The molecule has 0 amide bonds. The highest BCUT2D eigenvalue weighted by molar-refractivity contribution is 7.99. The number of carbonyl (C=O) groups excluding carboxylic acids is 1. The molecule has 2 N–H and O–H groups in total. The van der Waals surface area contributed by atoms with E-state index in [0.29, 0.717) is 18.2 Å². The fourth-order valence-electron chi connectivity index (χ4n) is 1.28. The Morgan fingerprint density at radius 1 is 1.62 bits per heavy atom. The Hall–Kier alpha value is -0.520. The first-order chi connectivity index (χ1) is 7.67. The van der Waals surface area contributed by atoms with Gasteiger partial charge in [0, 0.05) is 22.1 Å². The van der Waals surface area contributed by atoms with E-state index >= 15 is 0 Å². The Kier molecular flexibility index (Phi) is 5.87. The van der Waals surface area contributed by atoms with Crippen molar-refractivity contribution in [3.63, 3.8) is 0 Å². The second-order valence-corrected chi connectivity index (χ2v) is 6.00. The van der Waals surface area contributed by atoms with Crippen LogP contribution in [0.25, 0.3) is 0 Å². The Balaban J connectivity index is 2.41. The fourth-order valence-corrected chi connectivity index (χ4v) is 3.45. The lowest BCUT2D eigenvalue weighted by Gasteiger charge is -2.11. The third-order valence-electron chi connectivity index (χ3n) is 2.15. The fraction of sp³-hybridized carbons (Fsp3) is 0.545. The zero-order valence-corrected chi connectivity index (χ0v) is 11.2. The van der Waals surface area contributed by atoms with E-state index in [-0.39, 0.29) is 5.97 Å². The van der Waals surface area contributed by atoms with Gasteiger partial charge in [-0.25, -0.2) is 0 Å². The molecule has 0 aromatic carbocycles. The van der Waals surface area contributed by atoms with Crippen molar-refractivity contribution < 1.29 is 9.53 Å². The number of thioether (sulfide) groups is 1. The molecule has 0 bridgehead atoms. The number of carbonyl (C=O) groups is 1. The van der Waals surface area contributed by atoms with Crippen molar-refractivity contribution in [3.05, 3.63) is 21.9 Å². The Morgan fingerprint density at radius 3 is 2.88 bits per heavy atom. The van der Waals surface area contributed by atoms with Crippen molar-refractivity contribution in [3.8, 4) is 0 Å². The average molecular weight is 259 g/mol. The number of esters is 1. The maximum Gasteiger partial charge on any atom is 0.306 e. The lowest BCUT2D eigenvalue weighted by molar-refractivity contribution is -0.140. The monoisotopic (exact) mass is 259 g/mol. The lowest BCUT2D eigenvalue weighted by atomic mass is 10.3. The summed E-state index contributed by atoms with van der Waals surface area (Å²) in [4.78, 5) is 13.5. The van der Waals surface area contributed by atoms with Gasteiger partial charge in [-0.1, -0.05) is 0 Å². The number of hydrogen-bond acceptors (Lipinski definition) is 5. The van der Waals surface area contributed by atoms with Gasteiger partial charge in [0.15, 0.2) is 0 Å². The Bertz CT molecular complexity index is 338. The van der Waals surface area contributed by atoms with Gasteiger partial charge in [0.1, 0.15) is 0 Å². The van der Waals surface area contributed by atoms with Crippen LogP contribution in [0.2, 0.25) is 0 Å². The van der Waals surface area contributed by atoms with Gasteiger partial charge in [-0.05, 0) is 19.1 Å². The van der Waals surface area contributed by atoms with Crippen LogP contribution in [-0.4, -0.2) is 25.4 Å². The molecule has 1 aromatic rings. The quantitative estimate of drug-likeness (QED) is 0.797. The van der Waals surface area contributed by atoms with Gasteiger partial charge >= 0.3 is 5.97 Å². The first-order valence-electron chi connectivity index (χ1n) is 5.12. The summed E-state index contributed by atoms with van der Waals surface area (Å²) in [6, 6.07) is 4.21. The zero-order chi connectivity index (χ0) is 12.0. The van der Waals surface area contributed by atoms with Gasteiger partial charge in [-0.15, -0.1) is 11.3 Å². The molecule has 0 aliphatic carbocycles. The van der Waals surface area contributed by atoms with Crippen molar-refractivity contribution in [1.29, 1.82) is 0 Å². The SMILES string of the molecule is COC(=O)CCSC(CN)c1ccc(C)s1. The van der Waals surface area contributed by atoms with Crippen LogP contribution in [0.5, 0.6) is 0 Å². The minimum atomic E-state index is -0.161. The largest absolute Gasteiger partial charge is 0.469 e. The first-order valence-corrected chi connectivity index (χ1v) is 6.98. The van der Waals surface area contributed by atoms with Crippen LogP contribution in [0.4, 0.5) is 0 Å². The molecule has 1 rings (SSSR count). The van der Waals surface area contributed by atoms with Crippen LogP contribution in [0.1, 0.15) is 21.4 Å². The summed E-state index contributed by atoms with van der Waals surface area (Å²) in [6.45, 7) is 2.69. The lowest BCUT2D eigenvalue weighted by Crippen LogP contribution is -2.10. The first kappa shape index (κ1) is 13.5. The molecule has 0 aliphatic heterocycles. The molecule has 0 saturated carbocycles. The van der Waals surface area contributed by atoms with Gasteiger partial charge < -0.3 is 10.5 Å². The smallest absolute Gasteiger partial charge is 0.306 e. The molecule has 0 spiro atoms. The number of aryl methyl sites for hydroxylation is 1. The second kappa shape index (κ2) is 6.93. The number of ether oxygens (including phenoxy) is 1. The van der Waals surface area contributed by atoms with Crippen LogP contribution in [0.3, 0.4) is 0 Å². The molecular weight excluding hydrogens is 242 g/mol. The van der Waals surface area contributed by atoms with E-state index < -0.39 is 0 Å². The van der Waals surface area contributed by atoms with Gasteiger partial charge in [-0.2, -0.15) is 11.8 Å². The summed E-state index contributed by atoms with van der Waals surface area (Å²) in [6.07, 6.45) is 0.446. The van der Waals surface area contributed by atoms with E-state index in [4.69, 9.17) is 5.73 Å². The molecule has 1 aromatic heterocycles. The summed E-state index contributed by atoms with van der Waals surface area (Å²) in [5, 5.41) is 0.295. The Labute approximate surface area is 104 Å². The highest BCUT2D eigenvalue weighted by Crippen LogP contribution is 2.32. The molecule has 0 fully saturated rings. The average Bonchev–Trinajstić information content (AvgIpc) is 2.70. The molecule has 16 heavy (non-hydrogen) atoms. The van der Waals surface area contributed by atoms with Crippen molar-refractivity contribution in [2.75, 3.05) is 19.4 Å². The summed E-state index contributed by atoms with van der Waals surface area (Å²) in [5.74, 6) is 0.594. The molecule has 1 heterocycles. The van der Waals surface area contributed by atoms with Crippen LogP contribution in [0.15, 0.2) is 12.1 Å². The number of methoxy groups -OCH3 is 1. The number of hydrogen-bond donors (Lipinski definition) is 1. The molecule has 1 unspecified atom stereocenters. The number of rotatable bonds is 6. The number of thiophene rings is 1. The summed E-state index contributed by atoms with van der Waals surface area (Å²) in [5.41, 5.74) is 5.73. The van der Waals surface area contributed by atoms with E-state index in [0.717, 1.165) is 5.75 Å². The predicted molar refractivity (Wildman–Crippen MR) is 69.9 cm³/mol. The van der Waals surface area contributed by atoms with E-state index in [1.807, 2.05) is 0 Å². The summed E-state index contributed by atoms with van der Waals surface area (Å²) >= 11 is 3.48. The summed E-state index contributed by atoms with van der Waals surface area (Å²) in [7, 11) is 1.41. The van der Waals surface area contributed by atoms with Crippen LogP contribution in [-0.2, 0) is 9.53 Å². The van der Waals surface area contributed by atoms with E-state index in [2.05, 4.69) is 23.8 Å². The zero-order valence-electron chi connectivity index (χ0n) is 9.56. The molecule has 1 atom stereocenters. The number of nitrogens with two attached hydrogens (primary N) is 1. The third-order valence-corrected chi connectivity index (χ3v) is 4.70. The van der Waals surface area contributed by atoms with Crippen molar-refractivity contribution in [1.82, 2.24) is 0 Å². The van der Waals surface area contributed by atoms with Crippen LogP contribution in [0, 0.1) is 6.92 Å². The minimum absolute atomic E-state index is 0.161. The maximum atomic E-state index is 11.0. The van der Waals surface area contributed by atoms with Gasteiger partial charge in [0.2, 0.25) is 0 Å². The van der Waals surface area contributed by atoms with Crippen molar-refractivity contribution >= 4 is 29.1 Å². The normalized spacial score (nSPS) is 12.4. The van der Waals surface area contributed by atoms with Crippen LogP contribution >= 0.6 is 23.1 Å². The second-order valence-electron chi connectivity index (χ2n) is 3.37. The van der Waals surface area contributed by atoms with E-state index in [1.165, 1.54) is 16.9 Å². The molecular formula is C11H17NO2S2.